The minimum absolute atomic E-state index is 0.121. The number of nitrogens with one attached hydrogen (secondary N) is 2. The number of urea groups is 1. The summed E-state index contributed by atoms with van der Waals surface area (Å²) in [4.78, 5) is 39.6. The van der Waals surface area contributed by atoms with Gasteiger partial charge in [0.1, 0.15) is 0 Å². The van der Waals surface area contributed by atoms with Crippen LogP contribution in [0, 0.1) is 5.92 Å². The van der Waals surface area contributed by atoms with Crippen molar-refractivity contribution >= 4 is 34.9 Å². The van der Waals surface area contributed by atoms with Crippen LogP contribution in [0.2, 0.25) is 0 Å². The Labute approximate surface area is 174 Å². The Morgan fingerprint density at radius 1 is 1.21 bits per heavy atom. The molecule has 1 aliphatic rings. The molecule has 0 aliphatic carbocycles. The van der Waals surface area contributed by atoms with Gasteiger partial charge in [0.2, 0.25) is 5.91 Å². The summed E-state index contributed by atoms with van der Waals surface area (Å²) >= 11 is 1.60. The third-order valence-corrected chi connectivity index (χ3v) is 5.61. The molecule has 1 aliphatic heterocycles. The second-order valence-electron chi connectivity index (χ2n) is 6.81. The van der Waals surface area contributed by atoms with E-state index >= 15 is 0 Å². The fourth-order valence-electron chi connectivity index (χ4n) is 3.21. The Hall–Kier alpha value is -2.87. The van der Waals surface area contributed by atoms with Crippen molar-refractivity contribution < 1.29 is 19.1 Å². The summed E-state index contributed by atoms with van der Waals surface area (Å²) in [6.07, 6.45) is 1.52. The normalized spacial score (nSPS) is 16.2. The number of esters is 1. The number of hydrogen-bond acceptors (Lipinski definition) is 5. The van der Waals surface area contributed by atoms with Crippen molar-refractivity contribution in [1.82, 2.24) is 10.2 Å². The predicted molar refractivity (Wildman–Crippen MR) is 112 cm³/mol. The summed E-state index contributed by atoms with van der Waals surface area (Å²) in [5.41, 5.74) is 1.05. The van der Waals surface area contributed by atoms with Crippen molar-refractivity contribution in [3.63, 3.8) is 0 Å². The fraction of sp³-hybridized carbons (Fsp3) is 0.381. The van der Waals surface area contributed by atoms with E-state index in [9.17, 15) is 14.4 Å². The lowest BCUT2D eigenvalue weighted by Gasteiger charge is -2.32. The van der Waals surface area contributed by atoms with Crippen LogP contribution in [0.25, 0.3) is 0 Å². The zero-order chi connectivity index (χ0) is 20.6. The Morgan fingerprint density at radius 3 is 2.69 bits per heavy atom. The van der Waals surface area contributed by atoms with E-state index in [1.807, 2.05) is 17.5 Å². The van der Waals surface area contributed by atoms with Gasteiger partial charge in [-0.1, -0.05) is 6.07 Å². The highest BCUT2D eigenvalue weighted by Gasteiger charge is 2.28. The molecular formula is C21H25N3O4S. The number of likely N-dealkylation sites (tertiary alicyclic amines) is 1. The Kier molecular flexibility index (Phi) is 7.24. The molecule has 2 heterocycles. The molecule has 1 unspecified atom stereocenters. The minimum atomic E-state index is -0.387. The summed E-state index contributed by atoms with van der Waals surface area (Å²) in [5, 5.41) is 7.76. The first-order valence-corrected chi connectivity index (χ1v) is 10.6. The van der Waals surface area contributed by atoms with Crippen molar-refractivity contribution in [3.8, 4) is 0 Å². The van der Waals surface area contributed by atoms with E-state index in [4.69, 9.17) is 4.74 Å². The van der Waals surface area contributed by atoms with Gasteiger partial charge in [0.15, 0.2) is 0 Å². The van der Waals surface area contributed by atoms with Gasteiger partial charge in [0, 0.05) is 23.7 Å². The van der Waals surface area contributed by atoms with Crippen molar-refractivity contribution in [3.05, 3.63) is 52.2 Å². The predicted octanol–water partition coefficient (Wildman–Crippen LogP) is 3.49. The van der Waals surface area contributed by atoms with E-state index in [2.05, 4.69) is 10.6 Å². The molecule has 2 N–H and O–H groups in total. The van der Waals surface area contributed by atoms with E-state index in [1.165, 1.54) is 0 Å². The lowest BCUT2D eigenvalue weighted by molar-refractivity contribution is -0.121. The number of hydrogen-bond donors (Lipinski definition) is 2. The highest BCUT2D eigenvalue weighted by Crippen LogP contribution is 2.20. The number of thiophene rings is 1. The number of carbonyl (C=O) groups is 3. The molecule has 8 heteroatoms. The lowest BCUT2D eigenvalue weighted by atomic mass is 9.97. The van der Waals surface area contributed by atoms with Gasteiger partial charge in [-0.05, 0) is 55.5 Å². The number of nitrogens with zero attached hydrogens (tertiary/aromatic N) is 1. The maximum Gasteiger partial charge on any atom is 0.338 e. The molecule has 3 amide bonds. The number of piperidine rings is 1. The molecule has 0 bridgehead atoms. The smallest absolute Gasteiger partial charge is 0.338 e. The van der Waals surface area contributed by atoms with E-state index in [0.29, 0.717) is 37.5 Å². The fourth-order valence-corrected chi connectivity index (χ4v) is 3.86. The molecule has 7 nitrogen and oxygen atoms in total. The van der Waals surface area contributed by atoms with Crippen molar-refractivity contribution in [2.24, 2.45) is 5.92 Å². The van der Waals surface area contributed by atoms with Gasteiger partial charge in [-0.3, -0.25) is 4.79 Å². The van der Waals surface area contributed by atoms with Crippen LogP contribution in [0.3, 0.4) is 0 Å². The quantitative estimate of drug-likeness (QED) is 0.707. The van der Waals surface area contributed by atoms with E-state index in [-0.39, 0.29) is 23.8 Å². The summed E-state index contributed by atoms with van der Waals surface area (Å²) in [5.74, 6) is -0.771. The highest BCUT2D eigenvalue weighted by atomic mass is 32.1. The summed E-state index contributed by atoms with van der Waals surface area (Å²) in [7, 11) is 0. The van der Waals surface area contributed by atoms with Crippen LogP contribution < -0.4 is 10.6 Å². The maximum atomic E-state index is 12.6. The highest BCUT2D eigenvalue weighted by molar-refractivity contribution is 7.09. The molecule has 1 aromatic heterocycles. The van der Waals surface area contributed by atoms with Crippen LogP contribution in [-0.2, 0) is 16.1 Å². The molecule has 0 saturated carbocycles. The summed E-state index contributed by atoms with van der Waals surface area (Å²) in [6.45, 7) is 3.60. The average Bonchev–Trinajstić information content (AvgIpc) is 3.26. The second kappa shape index (κ2) is 10.1. The van der Waals surface area contributed by atoms with Gasteiger partial charge in [0.05, 0.1) is 24.6 Å². The largest absolute Gasteiger partial charge is 0.462 e. The van der Waals surface area contributed by atoms with Gasteiger partial charge in [-0.25, -0.2) is 9.59 Å². The topological polar surface area (TPSA) is 87.7 Å². The zero-order valence-corrected chi connectivity index (χ0v) is 17.2. The maximum absolute atomic E-state index is 12.6. The number of amides is 3. The van der Waals surface area contributed by atoms with Gasteiger partial charge in [0.25, 0.3) is 0 Å². The van der Waals surface area contributed by atoms with Crippen LogP contribution >= 0.6 is 11.3 Å². The molecule has 29 heavy (non-hydrogen) atoms. The molecule has 3 rings (SSSR count). The molecule has 0 radical (unpaired) electrons. The lowest BCUT2D eigenvalue weighted by Crippen LogP contribution is -2.47. The summed E-state index contributed by atoms with van der Waals surface area (Å²) in [6, 6.07) is 10.4. The van der Waals surface area contributed by atoms with Crippen LogP contribution in [0.1, 0.15) is 35.0 Å². The molecule has 154 valence electrons. The minimum Gasteiger partial charge on any atom is -0.462 e. The molecule has 1 saturated heterocycles. The average molecular weight is 416 g/mol. The van der Waals surface area contributed by atoms with E-state index < -0.39 is 0 Å². The number of anilines is 1. The van der Waals surface area contributed by atoms with E-state index in [1.54, 1.807) is 47.4 Å². The van der Waals surface area contributed by atoms with E-state index in [0.717, 1.165) is 17.7 Å². The molecule has 1 aromatic carbocycles. The summed E-state index contributed by atoms with van der Waals surface area (Å²) < 4.78 is 4.95. The first kappa shape index (κ1) is 20.9. The van der Waals surface area contributed by atoms with Gasteiger partial charge < -0.3 is 20.3 Å². The number of rotatable bonds is 6. The first-order valence-electron chi connectivity index (χ1n) is 9.70. The van der Waals surface area contributed by atoms with Gasteiger partial charge in [-0.2, -0.15) is 0 Å². The molecule has 2 aromatic rings. The van der Waals surface area contributed by atoms with Crippen LogP contribution in [-0.4, -0.2) is 42.5 Å². The third-order valence-electron chi connectivity index (χ3n) is 4.74. The van der Waals surface area contributed by atoms with Crippen molar-refractivity contribution in [1.29, 1.82) is 0 Å². The van der Waals surface area contributed by atoms with Gasteiger partial charge >= 0.3 is 12.0 Å². The standard InChI is InChI=1S/C21H25N3O4S/c1-2-28-20(26)15-7-9-17(10-8-15)23-19(25)16-5-3-11-24(14-16)21(27)22-13-18-6-4-12-29-18/h4,6-10,12,16H,2-3,5,11,13-14H2,1H3,(H,22,27)(H,23,25). The Bertz CT molecular complexity index is 836. The second-order valence-corrected chi connectivity index (χ2v) is 7.84. The first-order chi connectivity index (χ1) is 14.1. The number of ether oxygens (including phenoxy) is 1. The Morgan fingerprint density at radius 2 is 2.00 bits per heavy atom. The molecule has 1 fully saturated rings. The Balaban J connectivity index is 1.51. The monoisotopic (exact) mass is 415 g/mol. The zero-order valence-electron chi connectivity index (χ0n) is 16.3. The number of carbonyl (C=O) groups excluding carboxylic acids is 3. The van der Waals surface area contributed by atoms with Crippen LogP contribution in [0.4, 0.5) is 10.5 Å². The number of benzene rings is 1. The van der Waals surface area contributed by atoms with Crippen molar-refractivity contribution in [2.45, 2.75) is 26.3 Å². The molecular weight excluding hydrogens is 390 g/mol. The van der Waals surface area contributed by atoms with Crippen LogP contribution in [0.5, 0.6) is 0 Å². The molecule has 0 spiro atoms. The van der Waals surface area contributed by atoms with Gasteiger partial charge in [-0.15, -0.1) is 11.3 Å². The van der Waals surface area contributed by atoms with Crippen molar-refractivity contribution in [2.75, 3.05) is 25.0 Å². The molecule has 1 atom stereocenters. The SMILES string of the molecule is CCOC(=O)c1ccc(NC(=O)C2CCCN(C(=O)NCc3cccs3)C2)cc1. The van der Waals surface area contributed by atoms with Crippen LogP contribution in [0.15, 0.2) is 41.8 Å². The third kappa shape index (κ3) is 5.80.